The molecule has 0 aliphatic heterocycles. The Morgan fingerprint density at radius 2 is 2.10 bits per heavy atom. The quantitative estimate of drug-likeness (QED) is 0.426. The largest absolute Gasteiger partial charge is 1.00 e. The first-order valence-electron chi connectivity index (χ1n) is 2.33. The van der Waals surface area contributed by atoms with Crippen molar-refractivity contribution in [3.63, 3.8) is 0 Å². The van der Waals surface area contributed by atoms with E-state index >= 15 is 0 Å². The van der Waals surface area contributed by atoms with Crippen LogP contribution in [0.3, 0.4) is 0 Å². The zero-order valence-electron chi connectivity index (χ0n) is 5.88. The third kappa shape index (κ3) is 8.38. The van der Waals surface area contributed by atoms with Gasteiger partial charge < -0.3 is 9.84 Å². The van der Waals surface area contributed by atoms with Crippen LogP contribution in [0.4, 0.5) is 9.59 Å². The van der Waals surface area contributed by atoms with Gasteiger partial charge in [-0.2, -0.15) is 0 Å². The molecule has 0 atom stereocenters. The fraction of sp³-hybridized carbons (Fsp3) is 0.500. The molecule has 0 radical (unpaired) electrons. The molecule has 0 saturated heterocycles. The van der Waals surface area contributed by atoms with Crippen LogP contribution in [0, 0.1) is 0 Å². The average molecular weight is 172 g/mol. The van der Waals surface area contributed by atoms with E-state index in [1.165, 1.54) is 5.32 Å². The Labute approximate surface area is 101 Å². The van der Waals surface area contributed by atoms with Gasteiger partial charge in [0.2, 0.25) is 0 Å². The first kappa shape index (κ1) is 13.0. The van der Waals surface area contributed by atoms with Crippen molar-refractivity contribution in [1.29, 1.82) is 0 Å². The molecule has 52 valence electrons. The van der Waals surface area contributed by atoms with Crippen LogP contribution in [0.1, 0.15) is 6.92 Å². The van der Waals surface area contributed by atoms with E-state index in [0.717, 1.165) is 0 Å². The molecule has 0 saturated carbocycles. The van der Waals surface area contributed by atoms with Gasteiger partial charge in [-0.05, 0) is 6.92 Å². The van der Waals surface area contributed by atoms with Gasteiger partial charge in [-0.25, -0.2) is 14.9 Å². The van der Waals surface area contributed by atoms with Gasteiger partial charge in [-0.1, -0.05) is 0 Å². The number of imide groups is 1. The summed E-state index contributed by atoms with van der Waals surface area (Å²) in [5, 5.41) is 9.40. The Kier molecular flexibility index (Phi) is 9.73. The fourth-order valence-corrected chi connectivity index (χ4v) is 0.254. The second-order valence-electron chi connectivity index (χ2n) is 1.15. The van der Waals surface area contributed by atoms with Crippen molar-refractivity contribution in [2.45, 2.75) is 6.92 Å². The Morgan fingerprint density at radius 3 is 2.40 bits per heavy atom. The van der Waals surface area contributed by atoms with Gasteiger partial charge in [0.15, 0.2) is 0 Å². The number of nitrogens with one attached hydrogen (secondary N) is 1. The van der Waals surface area contributed by atoms with Crippen molar-refractivity contribution in [3.05, 3.63) is 0 Å². The summed E-state index contributed by atoms with van der Waals surface area (Å²) in [5.74, 6) is 0. The maximum Gasteiger partial charge on any atom is 1.00 e. The Bertz CT molecular complexity index is 126. The molecule has 0 aromatic rings. The zero-order chi connectivity index (χ0) is 7.28. The van der Waals surface area contributed by atoms with Gasteiger partial charge in [0, 0.05) is 0 Å². The first-order chi connectivity index (χ1) is 4.16. The number of ether oxygens (including phenoxy) is 1. The summed E-state index contributed by atoms with van der Waals surface area (Å²) in [5.41, 5.74) is 0. The molecule has 0 unspecified atom stereocenters. The Hall–Kier alpha value is 0.376. The van der Waals surface area contributed by atoms with Gasteiger partial charge in [-0.3, -0.25) is 0 Å². The number of carbonyl (C=O) groups is 2. The second-order valence-corrected chi connectivity index (χ2v) is 1.15. The number of amides is 2. The third-order valence-electron chi connectivity index (χ3n) is 0.484. The summed E-state index contributed by atoms with van der Waals surface area (Å²) < 4.78 is 4.22. The van der Waals surface area contributed by atoms with E-state index in [2.05, 4.69) is 4.74 Å². The zero-order valence-corrected chi connectivity index (χ0v) is 9.00. The molecule has 10 heavy (non-hydrogen) atoms. The predicted octanol–water partition coefficient (Wildman–Crippen LogP) is -2.59. The number of alkyl carbamates (subject to hydrolysis) is 1. The topological polar surface area (TPSA) is 75.6 Å². The van der Waals surface area contributed by atoms with Crippen molar-refractivity contribution in [1.82, 2.24) is 5.32 Å². The molecule has 0 aliphatic rings. The van der Waals surface area contributed by atoms with Gasteiger partial charge in [0.05, 0.1) is 6.61 Å². The molecular weight excluding hydrogens is 165 g/mol. The summed E-state index contributed by atoms with van der Waals surface area (Å²) in [4.78, 5) is 19.8. The van der Waals surface area contributed by atoms with Crippen molar-refractivity contribution >= 4 is 12.2 Å². The number of rotatable bonds is 1. The molecule has 0 aromatic heterocycles. The maximum atomic E-state index is 10.1. The number of hydrogen-bond acceptors (Lipinski definition) is 3. The molecule has 0 bridgehead atoms. The fourth-order valence-electron chi connectivity index (χ4n) is 0.254. The van der Waals surface area contributed by atoms with Crippen LogP contribution in [-0.2, 0) is 4.74 Å². The van der Waals surface area contributed by atoms with Crippen molar-refractivity contribution < 1.29 is 70.8 Å². The molecule has 0 spiro atoms. The van der Waals surface area contributed by atoms with E-state index < -0.39 is 12.2 Å². The average Bonchev–Trinajstić information content (AvgIpc) is 1.63. The Balaban J connectivity index is 0. The molecule has 2 N–H and O–H groups in total. The number of carbonyl (C=O) groups excluding carboxylic acids is 1. The Morgan fingerprint density at radius 1 is 1.60 bits per heavy atom. The van der Waals surface area contributed by atoms with Crippen LogP contribution in [0.15, 0.2) is 0 Å². The standard InChI is InChI=1S/C4H7NO4.K/c1-2-9-4(8)5-3(6)7;/h2H2,1H3,(H,5,8)(H,6,7);/q;+1. The summed E-state index contributed by atoms with van der Waals surface area (Å²) in [6, 6.07) is 0. The minimum atomic E-state index is -1.41. The van der Waals surface area contributed by atoms with Crippen molar-refractivity contribution in [2.24, 2.45) is 0 Å². The van der Waals surface area contributed by atoms with Crippen LogP contribution in [0.25, 0.3) is 0 Å². The molecule has 0 rings (SSSR count). The number of hydrogen-bond donors (Lipinski definition) is 2. The summed E-state index contributed by atoms with van der Waals surface area (Å²) in [6.07, 6.45) is -2.35. The van der Waals surface area contributed by atoms with E-state index in [0.29, 0.717) is 0 Å². The molecule has 0 heterocycles. The molecular formula is C4H7KNO4+. The monoisotopic (exact) mass is 172 g/mol. The second kappa shape index (κ2) is 7.48. The van der Waals surface area contributed by atoms with Crippen LogP contribution in [0.5, 0.6) is 0 Å². The minimum Gasteiger partial charge on any atom is -0.465 e. The van der Waals surface area contributed by atoms with E-state index in [1.807, 2.05) is 0 Å². The van der Waals surface area contributed by atoms with E-state index in [9.17, 15) is 9.59 Å². The number of carboxylic acid groups (broad SMARTS) is 1. The van der Waals surface area contributed by atoms with Gasteiger partial charge >= 0.3 is 63.6 Å². The van der Waals surface area contributed by atoms with Crippen LogP contribution in [0.2, 0.25) is 0 Å². The minimum absolute atomic E-state index is 0. The first-order valence-corrected chi connectivity index (χ1v) is 2.33. The normalized spacial score (nSPS) is 7.30. The molecule has 5 nitrogen and oxygen atoms in total. The van der Waals surface area contributed by atoms with E-state index in [4.69, 9.17) is 5.11 Å². The SMILES string of the molecule is CCOC(=O)NC(=O)O.[K+]. The molecule has 0 aliphatic carbocycles. The van der Waals surface area contributed by atoms with Crippen LogP contribution in [-0.4, -0.2) is 23.9 Å². The van der Waals surface area contributed by atoms with E-state index in [-0.39, 0.29) is 58.0 Å². The smallest absolute Gasteiger partial charge is 0.465 e. The molecule has 0 fully saturated rings. The molecule has 2 amide bonds. The van der Waals surface area contributed by atoms with Gasteiger partial charge in [0.1, 0.15) is 0 Å². The van der Waals surface area contributed by atoms with Crippen molar-refractivity contribution in [2.75, 3.05) is 6.61 Å². The van der Waals surface area contributed by atoms with Crippen LogP contribution < -0.4 is 56.7 Å². The third-order valence-corrected chi connectivity index (χ3v) is 0.484. The molecule has 6 heteroatoms. The van der Waals surface area contributed by atoms with Crippen molar-refractivity contribution in [3.8, 4) is 0 Å². The van der Waals surface area contributed by atoms with Crippen LogP contribution >= 0.6 is 0 Å². The predicted molar refractivity (Wildman–Crippen MR) is 28.2 cm³/mol. The molecule has 0 aromatic carbocycles. The van der Waals surface area contributed by atoms with Gasteiger partial charge in [0.25, 0.3) is 0 Å². The summed E-state index contributed by atoms with van der Waals surface area (Å²) in [7, 11) is 0. The maximum absolute atomic E-state index is 10.1. The summed E-state index contributed by atoms with van der Waals surface area (Å²) >= 11 is 0. The van der Waals surface area contributed by atoms with Gasteiger partial charge in [-0.15, -0.1) is 0 Å². The van der Waals surface area contributed by atoms with E-state index in [1.54, 1.807) is 6.92 Å². The summed E-state index contributed by atoms with van der Waals surface area (Å²) in [6.45, 7) is 1.75.